The summed E-state index contributed by atoms with van der Waals surface area (Å²) in [5.41, 5.74) is 1.34. The van der Waals surface area contributed by atoms with Gasteiger partial charge < -0.3 is 10.2 Å². The summed E-state index contributed by atoms with van der Waals surface area (Å²) in [6.07, 6.45) is 5.01. The topological polar surface area (TPSA) is 32.3 Å². The summed E-state index contributed by atoms with van der Waals surface area (Å²) in [7, 11) is 0. The molecule has 1 saturated carbocycles. The van der Waals surface area contributed by atoms with Crippen molar-refractivity contribution in [2.24, 2.45) is 5.92 Å². The largest absolute Gasteiger partial charge is 0.337 e. The lowest BCUT2D eigenvalue weighted by Gasteiger charge is -2.27. The van der Waals surface area contributed by atoms with Crippen molar-refractivity contribution in [2.75, 3.05) is 13.1 Å². The van der Waals surface area contributed by atoms with Crippen LogP contribution in [0.1, 0.15) is 36.6 Å². The molecule has 2 aliphatic rings. The Morgan fingerprint density at radius 1 is 1.58 bits per heavy atom. The molecule has 1 aliphatic carbocycles. The molecule has 3 nitrogen and oxygen atoms in total. The predicted octanol–water partition coefficient (Wildman–Crippen LogP) is 2.41. The number of thiophene rings is 1. The van der Waals surface area contributed by atoms with E-state index >= 15 is 0 Å². The zero-order valence-electron chi connectivity index (χ0n) is 11.5. The summed E-state index contributed by atoms with van der Waals surface area (Å²) < 4.78 is 0. The van der Waals surface area contributed by atoms with Crippen molar-refractivity contribution in [3.63, 3.8) is 0 Å². The first-order valence-corrected chi connectivity index (χ1v) is 8.16. The number of carbonyl (C=O) groups is 1. The third kappa shape index (κ3) is 3.37. The van der Waals surface area contributed by atoms with Gasteiger partial charge in [0.05, 0.1) is 6.54 Å². The summed E-state index contributed by atoms with van der Waals surface area (Å²) in [5.74, 6) is 1.17. The summed E-state index contributed by atoms with van der Waals surface area (Å²) in [6, 6.07) is 2.63. The van der Waals surface area contributed by atoms with Gasteiger partial charge in [-0.3, -0.25) is 4.79 Å². The third-order valence-corrected chi connectivity index (χ3v) is 5.17. The van der Waals surface area contributed by atoms with E-state index in [2.05, 4.69) is 23.7 Å². The maximum absolute atomic E-state index is 12.2. The summed E-state index contributed by atoms with van der Waals surface area (Å²) >= 11 is 1.82. The molecule has 19 heavy (non-hydrogen) atoms. The van der Waals surface area contributed by atoms with Crippen LogP contribution in [0.25, 0.3) is 0 Å². The lowest BCUT2D eigenvalue weighted by atomic mass is 10.1. The predicted molar refractivity (Wildman–Crippen MR) is 78.2 cm³/mol. The van der Waals surface area contributed by atoms with Crippen molar-refractivity contribution < 1.29 is 4.79 Å². The molecule has 0 radical (unpaired) electrons. The van der Waals surface area contributed by atoms with Crippen LogP contribution in [0.3, 0.4) is 0 Å². The molecule has 1 N–H and O–H groups in total. The first kappa shape index (κ1) is 13.1. The minimum Gasteiger partial charge on any atom is -0.337 e. The normalized spacial score (nSPS) is 20.2. The maximum Gasteiger partial charge on any atom is 0.236 e. The quantitative estimate of drug-likeness (QED) is 0.897. The fraction of sp³-hybridized carbons (Fsp3) is 0.667. The SMILES string of the molecule is CC(CC1CC1)NCC(=O)N1CCc2sccc2C1. The van der Waals surface area contributed by atoms with E-state index in [1.807, 2.05) is 16.2 Å². The molecule has 104 valence electrons. The molecule has 0 saturated heterocycles. The molecule has 0 bridgehead atoms. The molecular weight excluding hydrogens is 256 g/mol. The highest BCUT2D eigenvalue weighted by molar-refractivity contribution is 7.10. The zero-order valence-corrected chi connectivity index (χ0v) is 12.3. The van der Waals surface area contributed by atoms with Crippen LogP contribution < -0.4 is 5.32 Å². The number of fused-ring (bicyclic) bond motifs is 1. The van der Waals surface area contributed by atoms with Crippen molar-refractivity contribution in [1.29, 1.82) is 0 Å². The van der Waals surface area contributed by atoms with Crippen LogP contribution in [0.5, 0.6) is 0 Å². The van der Waals surface area contributed by atoms with Gasteiger partial charge in [0.1, 0.15) is 0 Å². The van der Waals surface area contributed by atoms with Gasteiger partial charge >= 0.3 is 0 Å². The Bertz CT molecular complexity index is 453. The molecule has 0 spiro atoms. The molecule has 1 unspecified atom stereocenters. The molecular formula is C15H22N2OS. The Kier molecular flexibility index (Phi) is 3.89. The molecule has 1 fully saturated rings. The standard InChI is InChI=1S/C15H22N2OS/c1-11(8-12-2-3-12)16-9-15(18)17-6-4-14-13(10-17)5-7-19-14/h5,7,11-12,16H,2-4,6,8-10H2,1H3. The maximum atomic E-state index is 12.2. The molecule has 3 rings (SSSR count). The van der Waals surface area contributed by atoms with E-state index < -0.39 is 0 Å². The fourth-order valence-electron chi connectivity index (χ4n) is 2.77. The van der Waals surface area contributed by atoms with Crippen LogP contribution >= 0.6 is 11.3 Å². The summed E-state index contributed by atoms with van der Waals surface area (Å²) in [6.45, 7) is 4.37. The first-order valence-electron chi connectivity index (χ1n) is 7.29. The lowest BCUT2D eigenvalue weighted by molar-refractivity contribution is -0.131. The van der Waals surface area contributed by atoms with E-state index in [4.69, 9.17) is 0 Å². The Morgan fingerprint density at radius 2 is 2.42 bits per heavy atom. The van der Waals surface area contributed by atoms with Gasteiger partial charge in [-0.05, 0) is 42.7 Å². The van der Waals surface area contributed by atoms with Crippen LogP contribution in [0.2, 0.25) is 0 Å². The van der Waals surface area contributed by atoms with Gasteiger partial charge in [-0.15, -0.1) is 11.3 Å². The van der Waals surface area contributed by atoms with E-state index in [1.54, 1.807) is 0 Å². The number of rotatable bonds is 5. The van der Waals surface area contributed by atoms with Gasteiger partial charge in [0.15, 0.2) is 0 Å². The van der Waals surface area contributed by atoms with E-state index in [0.717, 1.165) is 25.4 Å². The second kappa shape index (κ2) is 5.63. The number of nitrogens with zero attached hydrogens (tertiary/aromatic N) is 1. The van der Waals surface area contributed by atoms with Crippen LogP contribution in [0.4, 0.5) is 0 Å². The average molecular weight is 278 g/mol. The molecule has 1 aromatic rings. The zero-order chi connectivity index (χ0) is 13.2. The van der Waals surface area contributed by atoms with Gasteiger partial charge in [-0.1, -0.05) is 12.8 Å². The highest BCUT2D eigenvalue weighted by atomic mass is 32.1. The molecule has 1 amide bonds. The molecule has 2 heterocycles. The highest BCUT2D eigenvalue weighted by Gasteiger charge is 2.25. The Morgan fingerprint density at radius 3 is 3.21 bits per heavy atom. The lowest BCUT2D eigenvalue weighted by Crippen LogP contribution is -2.42. The molecule has 1 aliphatic heterocycles. The minimum absolute atomic E-state index is 0.250. The van der Waals surface area contributed by atoms with Crippen LogP contribution in [0, 0.1) is 5.92 Å². The Hall–Kier alpha value is -0.870. The van der Waals surface area contributed by atoms with Gasteiger partial charge in [0, 0.05) is 24.0 Å². The van der Waals surface area contributed by atoms with E-state index in [1.165, 1.54) is 29.7 Å². The van der Waals surface area contributed by atoms with Crippen molar-refractivity contribution in [3.8, 4) is 0 Å². The monoisotopic (exact) mass is 278 g/mol. The van der Waals surface area contributed by atoms with Crippen LogP contribution in [-0.4, -0.2) is 29.9 Å². The minimum atomic E-state index is 0.250. The Labute approximate surface area is 119 Å². The number of amides is 1. The fourth-order valence-corrected chi connectivity index (χ4v) is 3.66. The van der Waals surface area contributed by atoms with Crippen molar-refractivity contribution in [3.05, 3.63) is 21.9 Å². The van der Waals surface area contributed by atoms with Gasteiger partial charge in [-0.25, -0.2) is 0 Å². The van der Waals surface area contributed by atoms with Crippen molar-refractivity contribution in [2.45, 2.75) is 45.2 Å². The smallest absolute Gasteiger partial charge is 0.236 e. The van der Waals surface area contributed by atoms with Crippen LogP contribution in [0.15, 0.2) is 11.4 Å². The third-order valence-electron chi connectivity index (χ3n) is 4.15. The summed E-state index contributed by atoms with van der Waals surface area (Å²) in [5, 5.41) is 5.51. The number of hydrogen-bond acceptors (Lipinski definition) is 3. The first-order chi connectivity index (χ1) is 9.22. The highest BCUT2D eigenvalue weighted by Crippen LogP contribution is 2.33. The molecule has 4 heteroatoms. The van der Waals surface area contributed by atoms with E-state index in [9.17, 15) is 4.79 Å². The number of nitrogens with one attached hydrogen (secondary N) is 1. The van der Waals surface area contributed by atoms with Gasteiger partial charge in [0.25, 0.3) is 0 Å². The second-order valence-electron chi connectivity index (χ2n) is 5.90. The Balaban J connectivity index is 1.45. The van der Waals surface area contributed by atoms with Crippen molar-refractivity contribution in [1.82, 2.24) is 10.2 Å². The average Bonchev–Trinajstić information content (AvgIpc) is 3.09. The van der Waals surface area contributed by atoms with Gasteiger partial charge in [0.2, 0.25) is 5.91 Å². The van der Waals surface area contributed by atoms with E-state index in [0.29, 0.717) is 12.6 Å². The van der Waals surface area contributed by atoms with Crippen molar-refractivity contribution >= 4 is 17.2 Å². The number of hydrogen-bond donors (Lipinski definition) is 1. The number of carbonyl (C=O) groups excluding carboxylic acids is 1. The molecule has 1 atom stereocenters. The summed E-state index contributed by atoms with van der Waals surface area (Å²) in [4.78, 5) is 15.7. The molecule has 0 aromatic carbocycles. The second-order valence-corrected chi connectivity index (χ2v) is 6.90. The molecule has 1 aromatic heterocycles. The van der Waals surface area contributed by atoms with E-state index in [-0.39, 0.29) is 5.91 Å². The van der Waals surface area contributed by atoms with Gasteiger partial charge in [-0.2, -0.15) is 0 Å². The van der Waals surface area contributed by atoms with Crippen LogP contribution in [-0.2, 0) is 17.8 Å².